The molecule has 1 aliphatic heterocycles. The van der Waals surface area contributed by atoms with Crippen molar-refractivity contribution in [3.8, 4) is 0 Å². The van der Waals surface area contributed by atoms with E-state index in [1.165, 1.54) is 0 Å². The van der Waals surface area contributed by atoms with Crippen LogP contribution in [0, 0.1) is 0 Å². The molecule has 0 aromatic carbocycles. The highest BCUT2D eigenvalue weighted by Gasteiger charge is 2.15. The minimum Gasteiger partial charge on any atom is -0.383 e. The summed E-state index contributed by atoms with van der Waals surface area (Å²) in [5.41, 5.74) is 0. The molecule has 0 unspecified atom stereocenters. The monoisotopic (exact) mass is 216 g/mol. The van der Waals surface area contributed by atoms with Crippen molar-refractivity contribution in [3.63, 3.8) is 0 Å². The molecule has 1 aliphatic rings. The number of methoxy groups -OCH3 is 1. The topological polar surface area (TPSA) is 24.9 Å². The van der Waals surface area contributed by atoms with E-state index in [2.05, 4.69) is 9.80 Å². The van der Waals surface area contributed by atoms with Gasteiger partial charge >= 0.3 is 0 Å². The van der Waals surface area contributed by atoms with Gasteiger partial charge in [-0.3, -0.25) is 9.80 Å². The van der Waals surface area contributed by atoms with Crippen molar-refractivity contribution in [2.45, 2.75) is 6.92 Å². The maximum atomic E-state index is 5.35. The molecule has 15 heavy (non-hydrogen) atoms. The summed E-state index contributed by atoms with van der Waals surface area (Å²) in [5.74, 6) is 0. The molecule has 1 fully saturated rings. The Morgan fingerprint density at radius 2 is 1.47 bits per heavy atom. The zero-order valence-corrected chi connectivity index (χ0v) is 10.1. The highest BCUT2D eigenvalue weighted by Crippen LogP contribution is 2.00. The summed E-state index contributed by atoms with van der Waals surface area (Å²) < 4.78 is 10.4. The lowest BCUT2D eigenvalue weighted by molar-refractivity contribution is 0.0689. The maximum Gasteiger partial charge on any atom is 0.0593 e. The van der Waals surface area contributed by atoms with E-state index >= 15 is 0 Å². The molecule has 0 amide bonds. The highest BCUT2D eigenvalue weighted by atomic mass is 16.5. The predicted molar refractivity (Wildman–Crippen MR) is 61.2 cm³/mol. The number of hydrogen-bond donors (Lipinski definition) is 0. The van der Waals surface area contributed by atoms with Crippen molar-refractivity contribution in [2.24, 2.45) is 0 Å². The number of hydrogen-bond acceptors (Lipinski definition) is 4. The molecular weight excluding hydrogens is 192 g/mol. The second-order valence-corrected chi connectivity index (χ2v) is 3.87. The van der Waals surface area contributed by atoms with E-state index < -0.39 is 0 Å². The molecule has 1 heterocycles. The summed E-state index contributed by atoms with van der Waals surface area (Å²) in [5, 5.41) is 0. The van der Waals surface area contributed by atoms with Gasteiger partial charge in [0.05, 0.1) is 13.2 Å². The van der Waals surface area contributed by atoms with Crippen LogP contribution in [0.3, 0.4) is 0 Å². The van der Waals surface area contributed by atoms with Crippen molar-refractivity contribution in [3.05, 3.63) is 0 Å². The standard InChI is InChI=1S/C11H24N2O2/c1-3-15-11-9-13-6-4-12(5-7-13)8-10-14-2/h3-11H2,1-2H3. The molecule has 0 N–H and O–H groups in total. The van der Waals surface area contributed by atoms with E-state index in [1.54, 1.807) is 7.11 Å². The molecule has 4 heteroatoms. The van der Waals surface area contributed by atoms with Gasteiger partial charge in [-0.25, -0.2) is 0 Å². The van der Waals surface area contributed by atoms with E-state index in [0.29, 0.717) is 0 Å². The van der Waals surface area contributed by atoms with Crippen molar-refractivity contribution >= 4 is 0 Å². The quantitative estimate of drug-likeness (QED) is 0.571. The molecule has 0 atom stereocenters. The van der Waals surface area contributed by atoms with Crippen LogP contribution in [0.25, 0.3) is 0 Å². The molecule has 0 bridgehead atoms. The summed E-state index contributed by atoms with van der Waals surface area (Å²) in [6.45, 7) is 11.4. The molecule has 0 radical (unpaired) electrons. The van der Waals surface area contributed by atoms with Gasteiger partial charge in [0, 0.05) is 53.0 Å². The van der Waals surface area contributed by atoms with Crippen LogP contribution in [0.5, 0.6) is 0 Å². The molecule has 4 nitrogen and oxygen atoms in total. The van der Waals surface area contributed by atoms with E-state index in [4.69, 9.17) is 9.47 Å². The van der Waals surface area contributed by atoms with Crippen molar-refractivity contribution in [1.82, 2.24) is 9.80 Å². The molecular formula is C11H24N2O2. The third-order valence-electron chi connectivity index (χ3n) is 2.83. The predicted octanol–water partition coefficient (Wildman–Crippen LogP) is 0.287. The lowest BCUT2D eigenvalue weighted by Gasteiger charge is -2.34. The Morgan fingerprint density at radius 1 is 0.933 bits per heavy atom. The smallest absolute Gasteiger partial charge is 0.0593 e. The van der Waals surface area contributed by atoms with Crippen LogP contribution in [-0.4, -0.2) is 76.0 Å². The lowest BCUT2D eigenvalue weighted by atomic mass is 10.3. The molecule has 0 aromatic rings. The van der Waals surface area contributed by atoms with Gasteiger partial charge in [-0.1, -0.05) is 0 Å². The fraction of sp³-hybridized carbons (Fsp3) is 1.00. The first-order valence-corrected chi connectivity index (χ1v) is 5.88. The van der Waals surface area contributed by atoms with Gasteiger partial charge < -0.3 is 9.47 Å². The van der Waals surface area contributed by atoms with Crippen molar-refractivity contribution in [1.29, 1.82) is 0 Å². The first kappa shape index (κ1) is 12.9. The molecule has 0 aliphatic carbocycles. The van der Waals surface area contributed by atoms with Crippen LogP contribution in [0.15, 0.2) is 0 Å². The van der Waals surface area contributed by atoms with Crippen LogP contribution in [-0.2, 0) is 9.47 Å². The minimum atomic E-state index is 0.827. The van der Waals surface area contributed by atoms with Crippen LogP contribution in [0.2, 0.25) is 0 Å². The fourth-order valence-corrected chi connectivity index (χ4v) is 1.79. The van der Waals surface area contributed by atoms with E-state index in [-0.39, 0.29) is 0 Å². The maximum absolute atomic E-state index is 5.35. The molecule has 90 valence electrons. The molecule has 1 saturated heterocycles. The van der Waals surface area contributed by atoms with Crippen LogP contribution in [0.1, 0.15) is 6.92 Å². The Kier molecular flexibility index (Phi) is 6.92. The molecule has 0 spiro atoms. The summed E-state index contributed by atoms with van der Waals surface area (Å²) in [6.07, 6.45) is 0. The van der Waals surface area contributed by atoms with Gasteiger partial charge in [0.15, 0.2) is 0 Å². The largest absolute Gasteiger partial charge is 0.383 e. The number of nitrogens with zero attached hydrogens (tertiary/aromatic N) is 2. The summed E-state index contributed by atoms with van der Waals surface area (Å²) in [4.78, 5) is 4.93. The first-order valence-electron chi connectivity index (χ1n) is 5.88. The van der Waals surface area contributed by atoms with Gasteiger partial charge in [0.25, 0.3) is 0 Å². The average Bonchev–Trinajstić information content (AvgIpc) is 2.28. The molecule has 0 saturated carbocycles. The van der Waals surface area contributed by atoms with E-state index in [0.717, 1.165) is 59.1 Å². The van der Waals surface area contributed by atoms with Crippen molar-refractivity contribution < 1.29 is 9.47 Å². The van der Waals surface area contributed by atoms with Gasteiger partial charge in [-0.05, 0) is 6.92 Å². The summed E-state index contributed by atoms with van der Waals surface area (Å²) >= 11 is 0. The van der Waals surface area contributed by atoms with Gasteiger partial charge in [-0.15, -0.1) is 0 Å². The third kappa shape index (κ3) is 5.47. The Balaban J connectivity index is 2.02. The number of rotatable bonds is 7. The lowest BCUT2D eigenvalue weighted by Crippen LogP contribution is -2.48. The minimum absolute atomic E-state index is 0.827. The van der Waals surface area contributed by atoms with Crippen LogP contribution < -0.4 is 0 Å². The van der Waals surface area contributed by atoms with Gasteiger partial charge in [-0.2, -0.15) is 0 Å². The fourth-order valence-electron chi connectivity index (χ4n) is 1.79. The number of ether oxygens (including phenoxy) is 2. The normalized spacial score (nSPS) is 19.6. The summed E-state index contributed by atoms with van der Waals surface area (Å²) in [7, 11) is 1.76. The Bertz CT molecular complexity index is 148. The Labute approximate surface area is 93.1 Å². The average molecular weight is 216 g/mol. The third-order valence-corrected chi connectivity index (χ3v) is 2.83. The van der Waals surface area contributed by atoms with Crippen LogP contribution in [0.4, 0.5) is 0 Å². The van der Waals surface area contributed by atoms with E-state index in [9.17, 15) is 0 Å². The Hall–Kier alpha value is -0.160. The Morgan fingerprint density at radius 3 is 1.93 bits per heavy atom. The van der Waals surface area contributed by atoms with Gasteiger partial charge in [0.1, 0.15) is 0 Å². The second kappa shape index (κ2) is 8.05. The second-order valence-electron chi connectivity index (χ2n) is 3.87. The summed E-state index contributed by atoms with van der Waals surface area (Å²) in [6, 6.07) is 0. The number of piperazine rings is 1. The molecule has 1 rings (SSSR count). The zero-order valence-electron chi connectivity index (χ0n) is 10.1. The molecule has 0 aromatic heterocycles. The SMILES string of the molecule is CCOCCN1CCN(CCOC)CC1. The van der Waals surface area contributed by atoms with Crippen molar-refractivity contribution in [2.75, 3.05) is 66.2 Å². The first-order chi connectivity index (χ1) is 7.36. The highest BCUT2D eigenvalue weighted by molar-refractivity contribution is 4.71. The van der Waals surface area contributed by atoms with Crippen LogP contribution >= 0.6 is 0 Å². The van der Waals surface area contributed by atoms with Gasteiger partial charge in [0.2, 0.25) is 0 Å². The zero-order chi connectivity index (χ0) is 10.9. The van der Waals surface area contributed by atoms with E-state index in [1.807, 2.05) is 6.92 Å².